The first-order valence-electron chi connectivity index (χ1n) is 10.9. The van der Waals surface area contributed by atoms with Crippen LogP contribution in [-0.2, 0) is 24.3 Å². The van der Waals surface area contributed by atoms with Crippen LogP contribution < -0.4 is 10.2 Å². The maximum Gasteiger partial charge on any atom is 0.224 e. The van der Waals surface area contributed by atoms with E-state index in [1.54, 1.807) is 0 Å². The number of aryl methyl sites for hydroxylation is 2. The second-order valence-corrected chi connectivity index (χ2v) is 8.02. The van der Waals surface area contributed by atoms with Crippen LogP contribution in [0.1, 0.15) is 24.2 Å². The van der Waals surface area contributed by atoms with Crippen molar-refractivity contribution in [3.05, 3.63) is 90.3 Å². The van der Waals surface area contributed by atoms with Crippen LogP contribution >= 0.6 is 0 Å². The van der Waals surface area contributed by atoms with E-state index in [1.807, 2.05) is 36.4 Å². The molecule has 0 bridgehead atoms. The Morgan fingerprint density at radius 2 is 1.68 bits per heavy atom. The maximum absolute atomic E-state index is 12.3. The molecule has 1 aliphatic heterocycles. The molecule has 156 valence electrons. The van der Waals surface area contributed by atoms with E-state index < -0.39 is 0 Å². The Morgan fingerprint density at radius 1 is 0.903 bits per heavy atom. The Balaban J connectivity index is 1.24. The normalized spacial score (nSPS) is 13.6. The molecule has 5 heteroatoms. The van der Waals surface area contributed by atoms with E-state index in [0.717, 1.165) is 55.2 Å². The minimum Gasteiger partial charge on any atom is -0.364 e. The molecule has 1 amide bonds. The smallest absolute Gasteiger partial charge is 0.224 e. The van der Waals surface area contributed by atoms with Crippen LogP contribution in [0.25, 0.3) is 11.0 Å². The van der Waals surface area contributed by atoms with Gasteiger partial charge in [0.2, 0.25) is 5.91 Å². The first-order chi connectivity index (χ1) is 15.3. The molecule has 3 aromatic carbocycles. The number of nitrogens with zero attached hydrogens (tertiary/aromatic N) is 3. The highest BCUT2D eigenvalue weighted by Gasteiger charge is 2.18. The van der Waals surface area contributed by atoms with E-state index in [2.05, 4.69) is 57.2 Å². The Kier molecular flexibility index (Phi) is 5.40. The molecule has 5 nitrogen and oxygen atoms in total. The molecule has 0 unspecified atom stereocenters. The number of aromatic nitrogens is 2. The van der Waals surface area contributed by atoms with Gasteiger partial charge >= 0.3 is 0 Å². The minimum atomic E-state index is 0.0418. The summed E-state index contributed by atoms with van der Waals surface area (Å²) in [5.41, 5.74) is 5.45. The minimum absolute atomic E-state index is 0.0418. The summed E-state index contributed by atoms with van der Waals surface area (Å²) < 4.78 is 2.34. The molecule has 4 aromatic rings. The van der Waals surface area contributed by atoms with Gasteiger partial charge in [-0.1, -0.05) is 42.5 Å². The Bertz CT molecular complexity index is 1180. The van der Waals surface area contributed by atoms with Crippen LogP contribution in [0.4, 0.5) is 11.4 Å². The number of nitrogens with one attached hydrogen (secondary N) is 1. The summed E-state index contributed by atoms with van der Waals surface area (Å²) in [5.74, 6) is 1.15. The Morgan fingerprint density at radius 3 is 2.52 bits per heavy atom. The van der Waals surface area contributed by atoms with Gasteiger partial charge in [-0.25, -0.2) is 4.98 Å². The number of amides is 1. The zero-order valence-electron chi connectivity index (χ0n) is 17.5. The van der Waals surface area contributed by atoms with E-state index in [4.69, 9.17) is 4.98 Å². The van der Waals surface area contributed by atoms with Gasteiger partial charge < -0.3 is 14.8 Å². The third kappa shape index (κ3) is 4.31. The highest BCUT2D eigenvalue weighted by Crippen LogP contribution is 2.25. The summed E-state index contributed by atoms with van der Waals surface area (Å²) in [5, 5.41) is 3.01. The highest BCUT2D eigenvalue weighted by molar-refractivity contribution is 5.91. The zero-order chi connectivity index (χ0) is 21.0. The van der Waals surface area contributed by atoms with Crippen LogP contribution in [0.15, 0.2) is 78.9 Å². The topological polar surface area (TPSA) is 50.2 Å². The average molecular weight is 411 g/mol. The molecule has 0 saturated heterocycles. The largest absolute Gasteiger partial charge is 0.364 e. The van der Waals surface area contributed by atoms with Crippen LogP contribution in [0.2, 0.25) is 0 Å². The van der Waals surface area contributed by atoms with E-state index >= 15 is 0 Å². The van der Waals surface area contributed by atoms with Crippen molar-refractivity contribution < 1.29 is 4.79 Å². The number of anilines is 2. The lowest BCUT2D eigenvalue weighted by molar-refractivity contribution is -0.116. The summed E-state index contributed by atoms with van der Waals surface area (Å²) in [6.45, 7) is 2.76. The summed E-state index contributed by atoms with van der Waals surface area (Å²) in [7, 11) is 0. The number of fused-ring (bicyclic) bond motifs is 3. The van der Waals surface area contributed by atoms with Gasteiger partial charge in [0.1, 0.15) is 5.82 Å². The van der Waals surface area contributed by atoms with E-state index in [-0.39, 0.29) is 5.91 Å². The van der Waals surface area contributed by atoms with Crippen LogP contribution in [0, 0.1) is 0 Å². The van der Waals surface area contributed by atoms with Gasteiger partial charge in [0.05, 0.1) is 17.6 Å². The molecule has 1 aromatic heterocycles. The first kappa shape index (κ1) is 19.4. The maximum atomic E-state index is 12.3. The van der Waals surface area contributed by atoms with E-state index in [1.165, 1.54) is 11.1 Å². The van der Waals surface area contributed by atoms with Gasteiger partial charge in [-0.2, -0.15) is 0 Å². The van der Waals surface area contributed by atoms with Gasteiger partial charge in [0, 0.05) is 30.9 Å². The van der Waals surface area contributed by atoms with Crippen LogP contribution in [-0.4, -0.2) is 22.0 Å². The first-order valence-corrected chi connectivity index (χ1v) is 10.9. The second kappa shape index (κ2) is 8.64. The van der Waals surface area contributed by atoms with E-state index in [0.29, 0.717) is 6.42 Å². The molecule has 0 aliphatic carbocycles. The van der Waals surface area contributed by atoms with Crippen molar-refractivity contribution in [1.29, 1.82) is 0 Å². The fourth-order valence-corrected chi connectivity index (χ4v) is 4.27. The predicted octanol–water partition coefficient (Wildman–Crippen LogP) is 5.02. The number of hydrogen-bond donors (Lipinski definition) is 1. The number of carbonyl (C=O) groups is 1. The Hall–Kier alpha value is -3.60. The van der Waals surface area contributed by atoms with Crippen molar-refractivity contribution in [2.24, 2.45) is 0 Å². The number of carbonyl (C=O) groups excluding carboxylic acids is 1. The van der Waals surface area contributed by atoms with Gasteiger partial charge in [-0.15, -0.1) is 0 Å². The zero-order valence-corrected chi connectivity index (χ0v) is 17.5. The molecular weight excluding hydrogens is 384 g/mol. The fraction of sp³-hybridized carbons (Fsp3) is 0.231. The number of rotatable bonds is 5. The fourth-order valence-electron chi connectivity index (χ4n) is 4.27. The van der Waals surface area contributed by atoms with Gasteiger partial charge in [-0.05, 0) is 54.8 Å². The monoisotopic (exact) mass is 410 g/mol. The lowest BCUT2D eigenvalue weighted by Gasteiger charge is -2.22. The highest BCUT2D eigenvalue weighted by atomic mass is 16.1. The van der Waals surface area contributed by atoms with Crippen molar-refractivity contribution in [2.75, 3.05) is 16.8 Å². The molecule has 1 aliphatic rings. The summed E-state index contributed by atoms with van der Waals surface area (Å²) in [4.78, 5) is 19.5. The molecule has 5 rings (SSSR count). The molecule has 0 saturated carbocycles. The van der Waals surface area contributed by atoms with Gasteiger partial charge in [0.15, 0.2) is 0 Å². The molecule has 0 fully saturated rings. The third-order valence-corrected chi connectivity index (χ3v) is 5.88. The summed E-state index contributed by atoms with van der Waals surface area (Å²) in [6.07, 6.45) is 2.30. The third-order valence-electron chi connectivity index (χ3n) is 5.88. The molecule has 31 heavy (non-hydrogen) atoms. The van der Waals surface area contributed by atoms with Crippen molar-refractivity contribution in [3.8, 4) is 0 Å². The van der Waals surface area contributed by atoms with Crippen molar-refractivity contribution >= 4 is 28.3 Å². The molecule has 0 atom stereocenters. The molecule has 1 N–H and O–H groups in total. The number of para-hydroxylation sites is 2. The predicted molar refractivity (Wildman–Crippen MR) is 125 cm³/mol. The van der Waals surface area contributed by atoms with Gasteiger partial charge in [-0.3, -0.25) is 4.79 Å². The molecule has 0 radical (unpaired) electrons. The molecular formula is C26H26N4O. The lowest BCUT2D eigenvalue weighted by Crippen LogP contribution is -2.23. The SMILES string of the molecule is O=C(CCc1ccccc1)Nc1ccc(N2CCCn3c(nc4ccccc43)C2)cc1. The Labute approximate surface area is 182 Å². The quantitative estimate of drug-likeness (QED) is 0.503. The number of hydrogen-bond acceptors (Lipinski definition) is 3. The standard InChI is InChI=1S/C26H26N4O/c31-26(16-11-20-7-2-1-3-8-20)27-21-12-14-22(15-13-21)29-17-6-18-30-24-10-5-4-9-23(24)28-25(30)19-29/h1-5,7-10,12-15H,6,11,16-19H2,(H,27,31). The van der Waals surface area contributed by atoms with Crippen molar-refractivity contribution in [2.45, 2.75) is 32.4 Å². The number of imidazole rings is 1. The van der Waals surface area contributed by atoms with E-state index in [9.17, 15) is 4.79 Å². The van der Waals surface area contributed by atoms with Crippen molar-refractivity contribution in [3.63, 3.8) is 0 Å². The lowest BCUT2D eigenvalue weighted by atomic mass is 10.1. The average Bonchev–Trinajstić information content (AvgIpc) is 3.01. The molecule has 0 spiro atoms. The second-order valence-electron chi connectivity index (χ2n) is 8.02. The van der Waals surface area contributed by atoms with Crippen LogP contribution in [0.5, 0.6) is 0 Å². The van der Waals surface area contributed by atoms with Crippen molar-refractivity contribution in [1.82, 2.24) is 9.55 Å². The van der Waals surface area contributed by atoms with Crippen LogP contribution in [0.3, 0.4) is 0 Å². The van der Waals surface area contributed by atoms with Gasteiger partial charge in [0.25, 0.3) is 0 Å². The summed E-state index contributed by atoms with van der Waals surface area (Å²) >= 11 is 0. The summed E-state index contributed by atoms with van der Waals surface area (Å²) in [6, 6.07) is 26.6. The number of benzene rings is 3. The molecule has 2 heterocycles.